The summed E-state index contributed by atoms with van der Waals surface area (Å²) >= 11 is 0. The zero-order chi connectivity index (χ0) is 13.1. The summed E-state index contributed by atoms with van der Waals surface area (Å²) in [6, 6.07) is 6.27. The second-order valence-corrected chi connectivity index (χ2v) is 5.07. The van der Waals surface area contributed by atoms with E-state index >= 15 is 0 Å². The van der Waals surface area contributed by atoms with Crippen molar-refractivity contribution in [2.75, 3.05) is 0 Å². The molecule has 0 saturated heterocycles. The Kier molecular flexibility index (Phi) is 3.51. The van der Waals surface area contributed by atoms with E-state index in [2.05, 4.69) is 39.3 Å². The number of aromatic nitrogens is 3. The Balaban J connectivity index is 1.56. The van der Waals surface area contributed by atoms with Crippen LogP contribution in [0.1, 0.15) is 48.8 Å². The molecule has 1 atom stereocenters. The Bertz CT molecular complexity index is 520. The van der Waals surface area contributed by atoms with Gasteiger partial charge in [0.05, 0.1) is 11.7 Å². The first-order chi connectivity index (χ1) is 9.33. The SMILES string of the molecule is CC(NCc1ccc(C2CC2)cn1)c1ncccn1. The van der Waals surface area contributed by atoms with Crippen molar-refractivity contribution >= 4 is 0 Å². The quantitative estimate of drug-likeness (QED) is 0.891. The lowest BCUT2D eigenvalue weighted by atomic mass is 10.2. The van der Waals surface area contributed by atoms with E-state index in [1.807, 2.05) is 12.3 Å². The number of rotatable bonds is 5. The Morgan fingerprint density at radius 1 is 1.21 bits per heavy atom. The average molecular weight is 254 g/mol. The number of pyridine rings is 1. The standard InChI is InChI=1S/C15H18N4/c1-11(15-16-7-2-8-17-15)18-10-14-6-5-13(9-19-14)12-3-4-12/h2,5-9,11-12,18H,3-4,10H2,1H3. The first kappa shape index (κ1) is 12.2. The van der Waals surface area contributed by atoms with Crippen LogP contribution in [-0.2, 0) is 6.54 Å². The van der Waals surface area contributed by atoms with Crippen LogP contribution in [-0.4, -0.2) is 15.0 Å². The minimum atomic E-state index is 0.131. The molecule has 0 bridgehead atoms. The Morgan fingerprint density at radius 3 is 2.63 bits per heavy atom. The second kappa shape index (κ2) is 5.45. The molecular formula is C15H18N4. The molecule has 0 aliphatic heterocycles. The van der Waals surface area contributed by atoms with Gasteiger partial charge < -0.3 is 5.32 Å². The molecule has 1 aliphatic carbocycles. The lowest BCUT2D eigenvalue weighted by Crippen LogP contribution is -2.20. The molecule has 1 N–H and O–H groups in total. The Hall–Kier alpha value is -1.81. The monoisotopic (exact) mass is 254 g/mol. The lowest BCUT2D eigenvalue weighted by Gasteiger charge is -2.11. The average Bonchev–Trinajstić information content (AvgIpc) is 3.31. The van der Waals surface area contributed by atoms with Crippen LogP contribution in [0.15, 0.2) is 36.8 Å². The molecule has 2 aromatic rings. The van der Waals surface area contributed by atoms with Gasteiger partial charge in [-0.2, -0.15) is 0 Å². The maximum Gasteiger partial charge on any atom is 0.144 e. The summed E-state index contributed by atoms with van der Waals surface area (Å²) < 4.78 is 0. The second-order valence-electron chi connectivity index (χ2n) is 5.07. The molecule has 1 saturated carbocycles. The fourth-order valence-electron chi connectivity index (χ4n) is 2.08. The van der Waals surface area contributed by atoms with Gasteiger partial charge in [0.2, 0.25) is 0 Å². The van der Waals surface area contributed by atoms with Gasteiger partial charge in [-0.15, -0.1) is 0 Å². The molecule has 2 heterocycles. The summed E-state index contributed by atoms with van der Waals surface area (Å²) in [7, 11) is 0. The van der Waals surface area contributed by atoms with Crippen LogP contribution in [0, 0.1) is 0 Å². The zero-order valence-electron chi connectivity index (χ0n) is 11.1. The molecule has 4 nitrogen and oxygen atoms in total. The van der Waals surface area contributed by atoms with Crippen LogP contribution in [0.4, 0.5) is 0 Å². The van der Waals surface area contributed by atoms with Crippen LogP contribution in [0.3, 0.4) is 0 Å². The highest BCUT2D eigenvalue weighted by Gasteiger charge is 2.23. The van der Waals surface area contributed by atoms with Gasteiger partial charge in [0.15, 0.2) is 0 Å². The van der Waals surface area contributed by atoms with Gasteiger partial charge in [-0.3, -0.25) is 4.98 Å². The molecule has 0 radical (unpaired) electrons. The molecule has 1 aliphatic rings. The largest absolute Gasteiger partial charge is 0.302 e. The van der Waals surface area contributed by atoms with Gasteiger partial charge in [0.25, 0.3) is 0 Å². The number of hydrogen-bond acceptors (Lipinski definition) is 4. The van der Waals surface area contributed by atoms with Crippen molar-refractivity contribution in [3.8, 4) is 0 Å². The van der Waals surface area contributed by atoms with Gasteiger partial charge >= 0.3 is 0 Å². The first-order valence-corrected chi connectivity index (χ1v) is 6.78. The summed E-state index contributed by atoms with van der Waals surface area (Å²) in [6.45, 7) is 2.80. The van der Waals surface area contributed by atoms with Crippen molar-refractivity contribution in [3.05, 3.63) is 53.9 Å². The van der Waals surface area contributed by atoms with Crippen molar-refractivity contribution in [2.45, 2.75) is 38.3 Å². The molecule has 2 aromatic heterocycles. The van der Waals surface area contributed by atoms with Crippen LogP contribution >= 0.6 is 0 Å². The first-order valence-electron chi connectivity index (χ1n) is 6.78. The predicted molar refractivity (Wildman–Crippen MR) is 73.5 cm³/mol. The summed E-state index contributed by atoms with van der Waals surface area (Å²) in [6.07, 6.45) is 8.19. The molecular weight excluding hydrogens is 236 g/mol. The molecule has 1 fully saturated rings. The minimum absolute atomic E-state index is 0.131. The molecule has 98 valence electrons. The van der Waals surface area contributed by atoms with Crippen LogP contribution in [0.5, 0.6) is 0 Å². The minimum Gasteiger partial charge on any atom is -0.302 e. The van der Waals surface area contributed by atoms with Crippen LogP contribution in [0.25, 0.3) is 0 Å². The van der Waals surface area contributed by atoms with E-state index < -0.39 is 0 Å². The summed E-state index contributed by atoms with van der Waals surface area (Å²) in [5.74, 6) is 1.59. The molecule has 0 aromatic carbocycles. The Labute approximate surface area is 113 Å². The Morgan fingerprint density at radius 2 is 2.00 bits per heavy atom. The normalized spacial score (nSPS) is 16.3. The smallest absolute Gasteiger partial charge is 0.144 e. The number of hydrogen-bond donors (Lipinski definition) is 1. The fraction of sp³-hybridized carbons (Fsp3) is 0.400. The van der Waals surface area contributed by atoms with Crippen molar-refractivity contribution in [2.24, 2.45) is 0 Å². The van der Waals surface area contributed by atoms with Gasteiger partial charge in [-0.25, -0.2) is 9.97 Å². The van der Waals surface area contributed by atoms with E-state index in [1.165, 1.54) is 18.4 Å². The maximum atomic E-state index is 4.50. The molecule has 0 amide bonds. The zero-order valence-corrected chi connectivity index (χ0v) is 11.1. The molecule has 1 unspecified atom stereocenters. The highest BCUT2D eigenvalue weighted by Crippen LogP contribution is 2.39. The van der Waals surface area contributed by atoms with Gasteiger partial charge in [0, 0.05) is 25.1 Å². The van der Waals surface area contributed by atoms with Gasteiger partial charge in [-0.1, -0.05) is 6.07 Å². The maximum absolute atomic E-state index is 4.50. The molecule has 0 spiro atoms. The third-order valence-electron chi connectivity index (χ3n) is 3.46. The van der Waals surface area contributed by atoms with Crippen molar-refractivity contribution in [1.82, 2.24) is 20.3 Å². The topological polar surface area (TPSA) is 50.7 Å². The highest BCUT2D eigenvalue weighted by atomic mass is 15.0. The number of nitrogens with one attached hydrogen (secondary N) is 1. The summed E-state index contributed by atoms with van der Waals surface area (Å²) in [5.41, 5.74) is 2.44. The van der Waals surface area contributed by atoms with E-state index in [9.17, 15) is 0 Å². The van der Waals surface area contributed by atoms with E-state index in [0.29, 0.717) is 0 Å². The van der Waals surface area contributed by atoms with Crippen molar-refractivity contribution < 1.29 is 0 Å². The van der Waals surface area contributed by atoms with E-state index in [4.69, 9.17) is 0 Å². The van der Waals surface area contributed by atoms with Crippen molar-refractivity contribution in [3.63, 3.8) is 0 Å². The molecule has 3 rings (SSSR count). The highest BCUT2D eigenvalue weighted by molar-refractivity contribution is 5.22. The van der Waals surface area contributed by atoms with E-state index in [-0.39, 0.29) is 6.04 Å². The van der Waals surface area contributed by atoms with Gasteiger partial charge in [-0.05, 0) is 43.4 Å². The summed E-state index contributed by atoms with van der Waals surface area (Å²) in [5, 5.41) is 3.39. The lowest BCUT2D eigenvalue weighted by molar-refractivity contribution is 0.540. The van der Waals surface area contributed by atoms with E-state index in [1.54, 1.807) is 12.4 Å². The summed E-state index contributed by atoms with van der Waals surface area (Å²) in [4.78, 5) is 13.0. The number of nitrogens with zero attached hydrogens (tertiary/aromatic N) is 3. The molecule has 19 heavy (non-hydrogen) atoms. The fourth-order valence-corrected chi connectivity index (χ4v) is 2.08. The molecule has 4 heteroatoms. The van der Waals surface area contributed by atoms with Crippen LogP contribution in [0.2, 0.25) is 0 Å². The van der Waals surface area contributed by atoms with Crippen molar-refractivity contribution in [1.29, 1.82) is 0 Å². The van der Waals surface area contributed by atoms with Gasteiger partial charge in [0.1, 0.15) is 5.82 Å². The van der Waals surface area contributed by atoms with Crippen LogP contribution < -0.4 is 5.32 Å². The van der Waals surface area contributed by atoms with E-state index in [0.717, 1.165) is 24.0 Å². The predicted octanol–water partition coefficient (Wildman–Crippen LogP) is 2.60. The third kappa shape index (κ3) is 3.15. The third-order valence-corrected chi connectivity index (χ3v) is 3.46.